The Morgan fingerprint density at radius 3 is 2.24 bits per heavy atom. The van der Waals surface area contributed by atoms with E-state index >= 15 is 0 Å². The summed E-state index contributed by atoms with van der Waals surface area (Å²) in [4.78, 5) is 30.9. The van der Waals surface area contributed by atoms with Crippen molar-refractivity contribution in [3.63, 3.8) is 0 Å². The van der Waals surface area contributed by atoms with Gasteiger partial charge in [0.15, 0.2) is 0 Å². The Kier molecular flexibility index (Phi) is 7.31. The summed E-state index contributed by atoms with van der Waals surface area (Å²) in [6, 6.07) is 31.6. The lowest BCUT2D eigenvalue weighted by Crippen LogP contribution is -2.46. The van der Waals surface area contributed by atoms with Crippen LogP contribution in [0.2, 0.25) is 0 Å². The Bertz CT molecular complexity index is 1390. The molecule has 4 aromatic rings. The molecule has 5 heteroatoms. The molecule has 1 aliphatic heterocycles. The van der Waals surface area contributed by atoms with Gasteiger partial charge in [0, 0.05) is 18.8 Å². The summed E-state index contributed by atoms with van der Waals surface area (Å²) in [5, 5.41) is 0. The second-order valence-electron chi connectivity index (χ2n) is 9.23. The Balaban J connectivity index is 1.49. The fourth-order valence-corrected chi connectivity index (χ4v) is 4.91. The number of fused-ring (bicyclic) bond motifs is 3. The molecular weight excluding hydrogens is 458 g/mol. The maximum Gasteiger partial charge on any atom is 0.247 e. The van der Waals surface area contributed by atoms with Gasteiger partial charge in [-0.2, -0.15) is 0 Å². The third-order valence-corrected chi connectivity index (χ3v) is 6.74. The summed E-state index contributed by atoms with van der Waals surface area (Å²) in [5.41, 5.74) is 4.80. The van der Waals surface area contributed by atoms with E-state index in [1.54, 1.807) is 11.0 Å². The van der Waals surface area contributed by atoms with Gasteiger partial charge < -0.3 is 9.47 Å². The van der Waals surface area contributed by atoms with Crippen LogP contribution < -0.4 is 4.90 Å². The minimum absolute atomic E-state index is 0.0103. The van der Waals surface area contributed by atoms with Crippen LogP contribution in [0, 0.1) is 0 Å². The van der Waals surface area contributed by atoms with Crippen molar-refractivity contribution in [3.8, 4) is 5.69 Å². The molecule has 2 heterocycles. The molecule has 1 atom stereocenters. The number of nitrogens with zero attached hydrogens (tertiary/aromatic N) is 3. The van der Waals surface area contributed by atoms with Crippen molar-refractivity contribution in [1.29, 1.82) is 0 Å². The largest absolute Gasteiger partial charge is 0.330 e. The fourth-order valence-electron chi connectivity index (χ4n) is 4.91. The lowest BCUT2D eigenvalue weighted by molar-refractivity contribution is -0.131. The molecule has 0 fully saturated rings. The SMILES string of the molecule is CCCCN(CC(=O)N1c2ccccc2-n2cccc2C1c1ccccc1)C(=O)/C=C/c1ccccc1. The molecule has 3 aromatic carbocycles. The number of hydrogen-bond donors (Lipinski definition) is 0. The van der Waals surface area contributed by atoms with Crippen molar-refractivity contribution >= 4 is 23.6 Å². The summed E-state index contributed by atoms with van der Waals surface area (Å²) < 4.78 is 2.15. The molecule has 0 radical (unpaired) electrons. The fraction of sp³-hybridized carbons (Fsp3) is 0.188. The number of hydrogen-bond acceptors (Lipinski definition) is 2. The second-order valence-corrected chi connectivity index (χ2v) is 9.23. The lowest BCUT2D eigenvalue weighted by atomic mass is 9.97. The van der Waals surface area contributed by atoms with E-state index in [4.69, 9.17) is 0 Å². The number of aromatic nitrogens is 1. The summed E-state index contributed by atoms with van der Waals surface area (Å²) in [6.45, 7) is 2.63. The molecule has 37 heavy (non-hydrogen) atoms. The number of carbonyl (C=O) groups excluding carboxylic acids is 2. The van der Waals surface area contributed by atoms with Gasteiger partial charge in [0.25, 0.3) is 0 Å². The van der Waals surface area contributed by atoms with E-state index in [-0.39, 0.29) is 24.4 Å². The lowest BCUT2D eigenvalue weighted by Gasteiger charge is -2.39. The van der Waals surface area contributed by atoms with E-state index in [0.717, 1.165) is 41.0 Å². The number of para-hydroxylation sites is 2. The number of amides is 2. The first-order valence-electron chi connectivity index (χ1n) is 12.8. The van der Waals surface area contributed by atoms with Crippen LogP contribution in [0.3, 0.4) is 0 Å². The van der Waals surface area contributed by atoms with Crippen LogP contribution in [0.1, 0.15) is 42.6 Å². The summed E-state index contributed by atoms with van der Waals surface area (Å²) >= 11 is 0. The molecule has 1 unspecified atom stereocenters. The first kappa shape index (κ1) is 24.3. The van der Waals surface area contributed by atoms with Gasteiger partial charge >= 0.3 is 0 Å². The Hall–Kier alpha value is -4.38. The van der Waals surface area contributed by atoms with E-state index in [9.17, 15) is 9.59 Å². The normalized spacial score (nSPS) is 14.3. The Labute approximate surface area is 218 Å². The number of unbranched alkanes of at least 4 members (excludes halogenated alkanes) is 1. The van der Waals surface area contributed by atoms with Gasteiger partial charge in [-0.1, -0.05) is 86.1 Å². The minimum Gasteiger partial charge on any atom is -0.330 e. The predicted molar refractivity (Wildman–Crippen MR) is 149 cm³/mol. The maximum atomic E-state index is 14.1. The van der Waals surface area contributed by atoms with Crippen LogP contribution >= 0.6 is 0 Å². The molecule has 0 bridgehead atoms. The molecule has 0 spiro atoms. The number of rotatable bonds is 8. The molecule has 5 nitrogen and oxygen atoms in total. The highest BCUT2D eigenvalue weighted by Crippen LogP contribution is 2.42. The van der Waals surface area contributed by atoms with Crippen molar-refractivity contribution in [3.05, 3.63) is 126 Å². The van der Waals surface area contributed by atoms with Crippen LogP contribution in [-0.2, 0) is 9.59 Å². The topological polar surface area (TPSA) is 45.6 Å². The Morgan fingerprint density at radius 1 is 0.838 bits per heavy atom. The van der Waals surface area contributed by atoms with Gasteiger partial charge in [0.05, 0.1) is 17.1 Å². The third kappa shape index (κ3) is 5.12. The van der Waals surface area contributed by atoms with Crippen molar-refractivity contribution in [2.24, 2.45) is 0 Å². The maximum absolute atomic E-state index is 14.1. The van der Waals surface area contributed by atoms with E-state index in [0.29, 0.717) is 6.54 Å². The average Bonchev–Trinajstić information content (AvgIpc) is 3.44. The van der Waals surface area contributed by atoms with Crippen LogP contribution in [0.25, 0.3) is 11.8 Å². The van der Waals surface area contributed by atoms with E-state index in [2.05, 4.69) is 29.7 Å². The molecule has 0 saturated heterocycles. The highest BCUT2D eigenvalue weighted by atomic mass is 16.2. The summed E-state index contributed by atoms with van der Waals surface area (Å²) in [5.74, 6) is -0.262. The molecule has 186 valence electrons. The van der Waals surface area contributed by atoms with Gasteiger partial charge in [-0.05, 0) is 47.9 Å². The molecule has 5 rings (SSSR count). The number of carbonyl (C=O) groups is 2. The predicted octanol–water partition coefficient (Wildman–Crippen LogP) is 6.26. The first-order chi connectivity index (χ1) is 18.2. The first-order valence-corrected chi connectivity index (χ1v) is 12.8. The average molecular weight is 490 g/mol. The molecular formula is C32H31N3O2. The Morgan fingerprint density at radius 2 is 1.51 bits per heavy atom. The minimum atomic E-state index is -0.290. The monoisotopic (exact) mass is 489 g/mol. The van der Waals surface area contributed by atoms with Crippen molar-refractivity contribution in [1.82, 2.24) is 9.47 Å². The molecule has 1 aliphatic rings. The van der Waals surface area contributed by atoms with Gasteiger partial charge in [-0.15, -0.1) is 0 Å². The van der Waals surface area contributed by atoms with Gasteiger partial charge in [-0.25, -0.2) is 0 Å². The van der Waals surface area contributed by atoms with Crippen molar-refractivity contribution in [2.75, 3.05) is 18.0 Å². The zero-order chi connectivity index (χ0) is 25.6. The molecule has 0 saturated carbocycles. The highest BCUT2D eigenvalue weighted by Gasteiger charge is 2.36. The quantitative estimate of drug-likeness (QED) is 0.275. The molecule has 0 N–H and O–H groups in total. The molecule has 0 aliphatic carbocycles. The van der Waals surface area contributed by atoms with E-state index < -0.39 is 0 Å². The van der Waals surface area contributed by atoms with Crippen molar-refractivity contribution < 1.29 is 9.59 Å². The summed E-state index contributed by atoms with van der Waals surface area (Å²) in [7, 11) is 0. The van der Waals surface area contributed by atoms with Crippen LogP contribution in [-0.4, -0.2) is 34.4 Å². The van der Waals surface area contributed by atoms with Crippen LogP contribution in [0.15, 0.2) is 109 Å². The summed E-state index contributed by atoms with van der Waals surface area (Å²) in [6.07, 6.45) is 7.19. The number of benzene rings is 3. The van der Waals surface area contributed by atoms with E-state index in [1.165, 1.54) is 0 Å². The molecule has 2 amide bonds. The van der Waals surface area contributed by atoms with E-state index in [1.807, 2.05) is 96.0 Å². The second kappa shape index (κ2) is 11.1. The zero-order valence-electron chi connectivity index (χ0n) is 21.0. The zero-order valence-corrected chi connectivity index (χ0v) is 21.0. The highest BCUT2D eigenvalue weighted by molar-refractivity contribution is 6.02. The van der Waals surface area contributed by atoms with Gasteiger partial charge in [0.1, 0.15) is 12.6 Å². The third-order valence-electron chi connectivity index (χ3n) is 6.74. The van der Waals surface area contributed by atoms with Gasteiger partial charge in [-0.3, -0.25) is 14.5 Å². The smallest absolute Gasteiger partial charge is 0.247 e. The standard InChI is InChI=1S/C32H31N3O2/c1-2-3-22-33(30(36)21-20-25-13-6-4-7-14-25)24-31(37)35-28-18-11-10-17-27(28)34-23-12-19-29(34)32(35)26-15-8-5-9-16-26/h4-21,23,32H,2-3,22,24H2,1H3/b21-20+. The van der Waals surface area contributed by atoms with Gasteiger partial charge in [0.2, 0.25) is 11.8 Å². The van der Waals surface area contributed by atoms with Crippen LogP contribution in [0.5, 0.6) is 0 Å². The number of anilines is 1. The molecule has 1 aromatic heterocycles. The van der Waals surface area contributed by atoms with Crippen LogP contribution in [0.4, 0.5) is 5.69 Å². The van der Waals surface area contributed by atoms with Crippen molar-refractivity contribution in [2.45, 2.75) is 25.8 Å².